The molecule has 0 spiro atoms. The first kappa shape index (κ1) is 28.9. The fraction of sp³-hybridized carbons (Fsp3) is 0.739. The minimum Gasteiger partial charge on any atom is -0.872 e. The summed E-state index contributed by atoms with van der Waals surface area (Å²) in [5, 5.41) is 11.9. The zero-order valence-electron chi connectivity index (χ0n) is 18.6. The Labute approximate surface area is 200 Å². The minimum atomic E-state index is -4.29. The zero-order chi connectivity index (χ0) is 20.7. The van der Waals surface area contributed by atoms with Crippen LogP contribution in [0.4, 0.5) is 0 Å². The molecule has 1 rings (SSSR count). The molecule has 1 N–H and O–H groups in total. The van der Waals surface area contributed by atoms with Crippen molar-refractivity contribution in [3.63, 3.8) is 0 Å². The summed E-state index contributed by atoms with van der Waals surface area (Å²) in [6, 6.07) is 3.84. The second-order valence-corrected chi connectivity index (χ2v) is 9.37. The van der Waals surface area contributed by atoms with Crippen molar-refractivity contribution in [3.8, 4) is 5.75 Å². The Morgan fingerprint density at radius 2 is 1.17 bits per heavy atom. The van der Waals surface area contributed by atoms with Crippen LogP contribution >= 0.6 is 0 Å². The average molecular weight is 435 g/mol. The Bertz CT molecular complexity index is 632. The number of aryl methyl sites for hydroxylation is 1. The molecule has 0 heterocycles. The molecule has 0 aliphatic carbocycles. The molecule has 0 aliphatic heterocycles. The Balaban J connectivity index is 0.00000784. The molecule has 0 saturated carbocycles. The largest absolute Gasteiger partial charge is 1.00 e. The van der Waals surface area contributed by atoms with Gasteiger partial charge in [-0.05, 0) is 25.0 Å². The number of rotatable bonds is 17. The molecule has 1 aromatic carbocycles. The second-order valence-electron chi connectivity index (χ2n) is 7.94. The van der Waals surface area contributed by atoms with E-state index in [4.69, 9.17) is 4.55 Å². The van der Waals surface area contributed by atoms with E-state index in [1.54, 1.807) is 0 Å². The number of unbranched alkanes of at least 4 members (excludes halogenated alkanes) is 14. The molecule has 0 aromatic heterocycles. The van der Waals surface area contributed by atoms with Crippen molar-refractivity contribution in [2.45, 2.75) is 115 Å². The van der Waals surface area contributed by atoms with Gasteiger partial charge in [0.15, 0.2) is 0 Å². The molecule has 4 nitrogen and oxygen atoms in total. The van der Waals surface area contributed by atoms with Gasteiger partial charge in [0.05, 0.1) is 4.90 Å². The maximum atomic E-state index is 11.9. The van der Waals surface area contributed by atoms with E-state index in [1.165, 1.54) is 95.6 Å². The molecule has 0 fully saturated rings. The van der Waals surface area contributed by atoms with Gasteiger partial charge in [0, 0.05) is 0 Å². The quantitative estimate of drug-likeness (QED) is 0.231. The van der Waals surface area contributed by atoms with Gasteiger partial charge in [-0.25, -0.2) is 0 Å². The van der Waals surface area contributed by atoms with Crippen LogP contribution in [0.2, 0.25) is 0 Å². The first-order chi connectivity index (χ1) is 13.4. The van der Waals surface area contributed by atoms with Crippen molar-refractivity contribution >= 4 is 10.1 Å². The van der Waals surface area contributed by atoms with Crippen LogP contribution in [0.3, 0.4) is 0 Å². The summed E-state index contributed by atoms with van der Waals surface area (Å²) in [5.41, 5.74) is 0.627. The molecule has 0 aliphatic rings. The summed E-state index contributed by atoms with van der Waals surface area (Å²) < 4.78 is 31.0. The third-order valence-corrected chi connectivity index (χ3v) is 6.24. The van der Waals surface area contributed by atoms with Gasteiger partial charge in [0.1, 0.15) is 0 Å². The maximum Gasteiger partial charge on any atom is 1.00 e. The Morgan fingerprint density at radius 1 is 0.759 bits per heavy atom. The van der Waals surface area contributed by atoms with Gasteiger partial charge in [-0.3, -0.25) is 4.55 Å². The average Bonchev–Trinajstić information content (AvgIpc) is 2.65. The van der Waals surface area contributed by atoms with Crippen molar-refractivity contribution in [3.05, 3.63) is 23.8 Å². The maximum absolute atomic E-state index is 11.9. The predicted octanol–water partition coefficient (Wildman–Crippen LogP) is 3.42. The Morgan fingerprint density at radius 3 is 1.55 bits per heavy atom. The fourth-order valence-electron chi connectivity index (χ4n) is 3.59. The van der Waals surface area contributed by atoms with Gasteiger partial charge in [-0.15, -0.1) is 5.75 Å². The van der Waals surface area contributed by atoms with Crippen molar-refractivity contribution in [1.82, 2.24) is 0 Å². The first-order valence-corrected chi connectivity index (χ1v) is 12.7. The van der Waals surface area contributed by atoms with E-state index in [9.17, 15) is 13.5 Å². The molecular weight excluding hydrogens is 395 g/mol. The molecule has 0 radical (unpaired) electrons. The van der Waals surface area contributed by atoms with E-state index < -0.39 is 10.1 Å². The van der Waals surface area contributed by atoms with Gasteiger partial charge in [-0.2, -0.15) is 8.42 Å². The van der Waals surface area contributed by atoms with E-state index in [0.717, 1.165) is 18.9 Å². The Hall–Kier alpha value is -0.0700. The van der Waals surface area contributed by atoms with Crippen molar-refractivity contribution in [1.29, 1.82) is 0 Å². The summed E-state index contributed by atoms with van der Waals surface area (Å²) in [4.78, 5) is -0.322. The molecule has 162 valence electrons. The first-order valence-electron chi connectivity index (χ1n) is 11.2. The van der Waals surface area contributed by atoms with Crippen LogP contribution in [0.15, 0.2) is 23.1 Å². The van der Waals surface area contributed by atoms with Crippen molar-refractivity contribution in [2.24, 2.45) is 0 Å². The van der Waals surface area contributed by atoms with Gasteiger partial charge in [0.25, 0.3) is 10.1 Å². The monoisotopic (exact) mass is 434 g/mol. The smallest absolute Gasteiger partial charge is 0.872 e. The third kappa shape index (κ3) is 14.5. The van der Waals surface area contributed by atoms with Crippen LogP contribution in [0.5, 0.6) is 5.75 Å². The summed E-state index contributed by atoms with van der Waals surface area (Å²) in [6.07, 6.45) is 20.2. The number of hydrogen-bond donors (Lipinski definition) is 1. The summed E-state index contributed by atoms with van der Waals surface area (Å²) in [5.74, 6) is -0.305. The Kier molecular flexibility index (Phi) is 17.6. The minimum absolute atomic E-state index is 0. The van der Waals surface area contributed by atoms with E-state index in [0.29, 0.717) is 12.0 Å². The molecule has 0 atom stereocenters. The van der Waals surface area contributed by atoms with Gasteiger partial charge < -0.3 is 5.11 Å². The van der Waals surface area contributed by atoms with Crippen molar-refractivity contribution in [2.75, 3.05) is 0 Å². The predicted molar refractivity (Wildman–Crippen MR) is 114 cm³/mol. The van der Waals surface area contributed by atoms with Crippen LogP contribution in [0.1, 0.15) is 109 Å². The second kappa shape index (κ2) is 17.6. The molecule has 0 unspecified atom stereocenters. The number of benzene rings is 1. The summed E-state index contributed by atoms with van der Waals surface area (Å²) in [6.45, 7) is 2.26. The van der Waals surface area contributed by atoms with Crippen LogP contribution in [-0.2, 0) is 16.5 Å². The van der Waals surface area contributed by atoms with Crippen LogP contribution in [0, 0.1) is 0 Å². The molecule has 1 aromatic rings. The molecule has 29 heavy (non-hydrogen) atoms. The third-order valence-electron chi connectivity index (χ3n) is 5.39. The molecule has 0 amide bonds. The summed E-state index contributed by atoms with van der Waals surface area (Å²) in [7, 11) is -4.29. The zero-order valence-corrected chi connectivity index (χ0v) is 21.4. The molecule has 6 heteroatoms. The van der Waals surface area contributed by atoms with Crippen LogP contribution in [0.25, 0.3) is 0 Å². The number of hydrogen-bond acceptors (Lipinski definition) is 3. The van der Waals surface area contributed by atoms with Crippen LogP contribution in [-0.4, -0.2) is 13.0 Å². The van der Waals surface area contributed by atoms with E-state index in [1.807, 2.05) is 0 Å². The fourth-order valence-corrected chi connectivity index (χ4v) is 4.08. The SMILES string of the molecule is CCCCCCCCCCCCCCCCCc1ccc(S(=O)(=O)O)cc1[O-].[Na+]. The molecular formula is C23H39NaO4S. The normalized spacial score (nSPS) is 11.4. The van der Waals surface area contributed by atoms with E-state index in [-0.39, 0.29) is 40.2 Å². The topological polar surface area (TPSA) is 77.4 Å². The van der Waals surface area contributed by atoms with Gasteiger partial charge in [-0.1, -0.05) is 108 Å². The standard InChI is InChI=1S/C23H40O4S.Na/c1-2-3-4-5-6-7-8-9-10-11-12-13-14-15-16-17-21-18-19-22(20-23(21)24)28(25,26)27;/h18-20,24H,2-17H2,1H3,(H,25,26,27);/q;+1/p-1. The van der Waals surface area contributed by atoms with Gasteiger partial charge >= 0.3 is 29.6 Å². The van der Waals surface area contributed by atoms with Crippen LogP contribution < -0.4 is 34.7 Å². The molecule has 0 bridgehead atoms. The van der Waals surface area contributed by atoms with Gasteiger partial charge in [0.2, 0.25) is 0 Å². The molecule has 0 saturated heterocycles. The van der Waals surface area contributed by atoms with E-state index >= 15 is 0 Å². The van der Waals surface area contributed by atoms with E-state index in [2.05, 4.69) is 6.92 Å². The summed E-state index contributed by atoms with van der Waals surface area (Å²) >= 11 is 0. The van der Waals surface area contributed by atoms with Crippen molar-refractivity contribution < 1.29 is 47.6 Å².